The lowest BCUT2D eigenvalue weighted by Gasteiger charge is -2.58. The fraction of sp³-hybridized carbons (Fsp3) is 0.914. The van der Waals surface area contributed by atoms with Crippen LogP contribution in [0, 0.1) is 46.3 Å². The molecule has 0 aromatic rings. The molecule has 0 spiro atoms. The van der Waals surface area contributed by atoms with Gasteiger partial charge in [-0.05, 0) is 98.2 Å². The van der Waals surface area contributed by atoms with E-state index < -0.39 is 19.9 Å². The van der Waals surface area contributed by atoms with Crippen LogP contribution in [0.5, 0.6) is 0 Å². The van der Waals surface area contributed by atoms with Crippen LogP contribution in [0.2, 0.25) is 0 Å². The molecule has 4 unspecified atom stereocenters. The van der Waals surface area contributed by atoms with Gasteiger partial charge in [0.1, 0.15) is 19.3 Å². The maximum atomic E-state index is 12.9. The summed E-state index contributed by atoms with van der Waals surface area (Å²) in [5.41, 5.74) is 2.12. The van der Waals surface area contributed by atoms with Crippen molar-refractivity contribution in [1.82, 2.24) is 0 Å². The number of likely N-dealkylation sites (N-methyl/N-ethyl adjacent to an activating group) is 1. The summed E-state index contributed by atoms with van der Waals surface area (Å²) < 4.78 is 29.1. The SMILES string of the molecule is CC(C)CCC[C@@H](C)[C@H]1CCC2C3CC=C4C[C@@H](OC(=O)[C@H](C)OP(=O)(O)OCC[N+](C)(C)C)CC[C@]4(C)C3CC[C@@]21C. The second-order valence-corrected chi connectivity index (χ2v) is 18.1. The quantitative estimate of drug-likeness (QED) is 0.0964. The Balaban J connectivity index is 1.33. The van der Waals surface area contributed by atoms with Gasteiger partial charge in [0, 0.05) is 6.42 Å². The van der Waals surface area contributed by atoms with Crippen LogP contribution in [-0.2, 0) is 23.1 Å². The maximum Gasteiger partial charge on any atom is 0.473 e. The summed E-state index contributed by atoms with van der Waals surface area (Å²) in [5.74, 6) is 4.19. The molecule has 1 N–H and O–H groups in total. The van der Waals surface area contributed by atoms with Gasteiger partial charge in [-0.25, -0.2) is 9.36 Å². The second-order valence-electron chi connectivity index (χ2n) is 16.7. The molecule has 0 amide bonds. The first-order chi connectivity index (χ1) is 19.9. The fourth-order valence-electron chi connectivity index (χ4n) is 9.72. The highest BCUT2D eigenvalue weighted by Gasteiger charge is 2.59. The average molecular weight is 625 g/mol. The van der Waals surface area contributed by atoms with Gasteiger partial charge in [-0.2, -0.15) is 0 Å². The summed E-state index contributed by atoms with van der Waals surface area (Å²) in [6, 6.07) is 0. The zero-order chi connectivity index (χ0) is 31.8. The van der Waals surface area contributed by atoms with E-state index in [4.69, 9.17) is 13.8 Å². The van der Waals surface area contributed by atoms with E-state index in [1.54, 1.807) is 0 Å². The van der Waals surface area contributed by atoms with E-state index in [1.165, 1.54) is 57.4 Å². The van der Waals surface area contributed by atoms with Gasteiger partial charge >= 0.3 is 13.8 Å². The van der Waals surface area contributed by atoms with Crippen molar-refractivity contribution in [2.24, 2.45) is 46.3 Å². The van der Waals surface area contributed by atoms with Crippen LogP contribution in [0.25, 0.3) is 0 Å². The molecule has 4 aliphatic carbocycles. The van der Waals surface area contributed by atoms with Gasteiger partial charge in [0.2, 0.25) is 0 Å². The van der Waals surface area contributed by atoms with Crippen molar-refractivity contribution in [2.45, 2.75) is 124 Å². The molecule has 8 heteroatoms. The van der Waals surface area contributed by atoms with Gasteiger partial charge in [0.15, 0.2) is 6.10 Å². The number of allylic oxidation sites excluding steroid dienone is 1. The van der Waals surface area contributed by atoms with Gasteiger partial charge in [-0.15, -0.1) is 0 Å². The third kappa shape index (κ3) is 8.17. The van der Waals surface area contributed by atoms with Crippen molar-refractivity contribution < 1.29 is 32.5 Å². The second kappa shape index (κ2) is 13.6. The number of phosphoric ester groups is 1. The monoisotopic (exact) mass is 624 g/mol. The molecule has 0 saturated heterocycles. The average Bonchev–Trinajstić information content (AvgIpc) is 3.24. The number of fused-ring (bicyclic) bond motifs is 5. The number of nitrogens with zero attached hydrogens (tertiary/aromatic N) is 1. The Morgan fingerprint density at radius 3 is 2.44 bits per heavy atom. The summed E-state index contributed by atoms with van der Waals surface area (Å²) >= 11 is 0. The van der Waals surface area contributed by atoms with Crippen molar-refractivity contribution in [1.29, 1.82) is 0 Å². The third-order valence-electron chi connectivity index (χ3n) is 12.2. The standard InChI is InChI=1S/C35H62NO6P/c1-24(2)11-10-12-25(3)30-15-16-31-29-14-13-27-23-28(17-19-34(27,5)32(29)18-20-35(30,31)6)41-33(37)26(4)42-43(38,39)40-22-21-36(7,8)9/h13,24-26,28-32H,10-12,14-23H2,1-9H3/p+1/t25-,26+,28+,29?,30-,31?,32?,34+,35-/m1/s1. The van der Waals surface area contributed by atoms with Gasteiger partial charge < -0.3 is 14.1 Å². The Morgan fingerprint density at radius 2 is 1.77 bits per heavy atom. The molecule has 248 valence electrons. The predicted molar refractivity (Wildman–Crippen MR) is 172 cm³/mol. The molecule has 0 aliphatic heterocycles. The number of carbonyl (C=O) groups is 1. The number of hydrogen-bond acceptors (Lipinski definition) is 5. The van der Waals surface area contributed by atoms with Crippen molar-refractivity contribution in [3.8, 4) is 0 Å². The van der Waals surface area contributed by atoms with Crippen LogP contribution in [0.4, 0.5) is 0 Å². The molecule has 43 heavy (non-hydrogen) atoms. The minimum atomic E-state index is -4.35. The zero-order valence-corrected chi connectivity index (χ0v) is 29.7. The first-order valence-corrected chi connectivity index (χ1v) is 18.8. The molecular weight excluding hydrogens is 561 g/mol. The number of carbonyl (C=O) groups excluding carboxylic acids is 1. The molecule has 7 nitrogen and oxygen atoms in total. The molecule has 0 heterocycles. The van der Waals surface area contributed by atoms with E-state index in [9.17, 15) is 14.3 Å². The summed E-state index contributed by atoms with van der Waals surface area (Å²) in [4.78, 5) is 23.0. The molecule has 0 radical (unpaired) electrons. The minimum Gasteiger partial charge on any atom is -0.460 e. The Bertz CT molecular complexity index is 1050. The molecule has 10 atom stereocenters. The summed E-state index contributed by atoms with van der Waals surface area (Å²) in [7, 11) is 1.55. The van der Waals surface area contributed by atoms with Crippen molar-refractivity contribution in [3.05, 3.63) is 11.6 Å². The number of ether oxygens (including phenoxy) is 1. The topological polar surface area (TPSA) is 82.1 Å². The number of quaternary nitrogens is 1. The Labute approximate surface area is 262 Å². The number of rotatable bonds is 13. The van der Waals surface area contributed by atoms with Crippen LogP contribution in [0.15, 0.2) is 11.6 Å². The molecule has 0 bridgehead atoms. The molecule has 3 fully saturated rings. The summed E-state index contributed by atoms with van der Waals surface area (Å²) in [6.07, 6.45) is 14.4. The molecule has 4 aliphatic rings. The van der Waals surface area contributed by atoms with E-state index in [1.807, 2.05) is 21.1 Å². The van der Waals surface area contributed by atoms with E-state index in [-0.39, 0.29) is 18.1 Å². The first-order valence-electron chi connectivity index (χ1n) is 17.3. The Hall–Kier alpha value is -0.720. The van der Waals surface area contributed by atoms with Gasteiger partial charge in [0.05, 0.1) is 21.1 Å². The molecular formula is C35H63NO6P+. The van der Waals surface area contributed by atoms with E-state index >= 15 is 0 Å². The highest BCUT2D eigenvalue weighted by Crippen LogP contribution is 2.67. The van der Waals surface area contributed by atoms with E-state index in [0.29, 0.717) is 22.4 Å². The van der Waals surface area contributed by atoms with Gasteiger partial charge in [-0.3, -0.25) is 9.05 Å². The highest BCUT2D eigenvalue weighted by molar-refractivity contribution is 7.47. The number of phosphoric acid groups is 1. The third-order valence-corrected chi connectivity index (χ3v) is 13.3. The van der Waals surface area contributed by atoms with Crippen LogP contribution in [0.3, 0.4) is 0 Å². The summed E-state index contributed by atoms with van der Waals surface area (Å²) in [6.45, 7) is 14.4. The van der Waals surface area contributed by atoms with Crippen LogP contribution >= 0.6 is 7.82 Å². The van der Waals surface area contributed by atoms with Crippen molar-refractivity contribution >= 4 is 13.8 Å². The van der Waals surface area contributed by atoms with Gasteiger partial charge in [0.25, 0.3) is 0 Å². The Kier molecular flexibility index (Phi) is 11.1. The summed E-state index contributed by atoms with van der Waals surface area (Å²) in [5, 5.41) is 0. The van der Waals surface area contributed by atoms with Crippen molar-refractivity contribution in [3.63, 3.8) is 0 Å². The van der Waals surface area contributed by atoms with E-state index in [2.05, 4.69) is 40.7 Å². The maximum absolute atomic E-state index is 12.9. The molecule has 3 saturated carbocycles. The van der Waals surface area contributed by atoms with Crippen LogP contribution in [-0.4, -0.2) is 61.8 Å². The van der Waals surface area contributed by atoms with Crippen LogP contribution in [0.1, 0.15) is 112 Å². The highest BCUT2D eigenvalue weighted by atomic mass is 31.2. The molecule has 4 rings (SSSR count). The lowest BCUT2D eigenvalue weighted by atomic mass is 9.47. The van der Waals surface area contributed by atoms with E-state index in [0.717, 1.165) is 55.3 Å². The molecule has 0 aromatic heterocycles. The largest absolute Gasteiger partial charge is 0.473 e. The van der Waals surface area contributed by atoms with Crippen molar-refractivity contribution in [2.75, 3.05) is 34.3 Å². The van der Waals surface area contributed by atoms with Gasteiger partial charge in [-0.1, -0.05) is 65.5 Å². The number of esters is 1. The predicted octanol–water partition coefficient (Wildman–Crippen LogP) is 8.17. The zero-order valence-electron chi connectivity index (χ0n) is 28.8. The smallest absolute Gasteiger partial charge is 0.460 e. The number of hydrogen-bond donors (Lipinski definition) is 1. The lowest BCUT2D eigenvalue weighted by molar-refractivity contribution is -0.870. The van der Waals surface area contributed by atoms with Crippen LogP contribution < -0.4 is 0 Å². The minimum absolute atomic E-state index is 0.0640. The fourth-order valence-corrected chi connectivity index (χ4v) is 10.6. The molecule has 0 aromatic carbocycles. The lowest BCUT2D eigenvalue weighted by Crippen LogP contribution is -2.51. The Morgan fingerprint density at radius 1 is 1.05 bits per heavy atom. The first kappa shape index (κ1) is 35.1. The normalized spacial score (nSPS) is 37.0.